The molecule has 4 saturated carbocycles. The van der Waals surface area contributed by atoms with Crippen LogP contribution in [0.4, 0.5) is 5.69 Å². The molecule has 1 aromatic carbocycles. The zero-order valence-electron chi connectivity index (χ0n) is 16.9. The van der Waals surface area contributed by atoms with Crippen LogP contribution in [0.25, 0.3) is 0 Å². The number of benzene rings is 1. The van der Waals surface area contributed by atoms with E-state index in [0.29, 0.717) is 27.8 Å². The van der Waals surface area contributed by atoms with Crippen molar-refractivity contribution in [2.24, 2.45) is 28.2 Å². The molecular weight excluding hydrogens is 420 g/mol. The first-order valence-corrected chi connectivity index (χ1v) is 12.2. The van der Waals surface area contributed by atoms with E-state index in [0.717, 1.165) is 24.2 Å². The standard InChI is InChI=1S/C23H27ClN2O3S/c24-17-1-3-18(4-2-17)25-22-26(20(27)10-19(30-22)21(28)29)6-5-23-11-14-7-15(12-23)9-16(8-14)13-23/h1-4,14-16,19H,5-13H2,(H,28,29)/t14?,15?,16?,19-,23?/m0/s1. The van der Waals surface area contributed by atoms with Crippen molar-refractivity contribution in [2.75, 3.05) is 6.54 Å². The lowest BCUT2D eigenvalue weighted by Crippen LogP contribution is -2.49. The highest BCUT2D eigenvalue weighted by atomic mass is 35.5. The van der Waals surface area contributed by atoms with Crippen LogP contribution in [0.5, 0.6) is 0 Å². The molecule has 0 spiro atoms. The molecule has 1 N–H and O–H groups in total. The molecule has 1 atom stereocenters. The Morgan fingerprint density at radius 1 is 1.13 bits per heavy atom. The van der Waals surface area contributed by atoms with Crippen molar-refractivity contribution >= 4 is 46.1 Å². The van der Waals surface area contributed by atoms with Gasteiger partial charge >= 0.3 is 5.97 Å². The smallest absolute Gasteiger partial charge is 0.317 e. The topological polar surface area (TPSA) is 70.0 Å². The van der Waals surface area contributed by atoms with Crippen LogP contribution in [0, 0.1) is 23.2 Å². The van der Waals surface area contributed by atoms with E-state index in [4.69, 9.17) is 11.6 Å². The first-order chi connectivity index (χ1) is 14.4. The minimum atomic E-state index is -0.960. The maximum atomic E-state index is 12.9. The summed E-state index contributed by atoms with van der Waals surface area (Å²) >= 11 is 7.16. The normalized spacial score (nSPS) is 36.5. The monoisotopic (exact) mass is 446 g/mol. The number of hydrogen-bond acceptors (Lipinski definition) is 4. The fraction of sp³-hybridized carbons (Fsp3) is 0.609. The Hall–Kier alpha value is -1.53. The molecule has 1 amide bonds. The maximum absolute atomic E-state index is 12.9. The van der Waals surface area contributed by atoms with Crippen molar-refractivity contribution in [3.8, 4) is 0 Å². The highest BCUT2D eigenvalue weighted by Gasteiger charge is 2.51. The van der Waals surface area contributed by atoms with E-state index >= 15 is 0 Å². The quantitative estimate of drug-likeness (QED) is 0.661. The molecule has 6 rings (SSSR count). The van der Waals surface area contributed by atoms with Gasteiger partial charge in [-0.15, -0.1) is 0 Å². The van der Waals surface area contributed by atoms with E-state index in [1.165, 1.54) is 50.3 Å². The van der Waals surface area contributed by atoms with Crippen LogP contribution in [0.2, 0.25) is 5.02 Å². The van der Waals surface area contributed by atoms with Crippen LogP contribution >= 0.6 is 23.4 Å². The Morgan fingerprint density at radius 3 is 2.30 bits per heavy atom. The largest absolute Gasteiger partial charge is 0.480 e. The summed E-state index contributed by atoms with van der Waals surface area (Å²) in [5.74, 6) is 1.54. The molecule has 5 aliphatic rings. The van der Waals surface area contributed by atoms with Gasteiger partial charge in [-0.05, 0) is 92.4 Å². The number of aliphatic carboxylic acids is 1. The average molecular weight is 447 g/mol. The number of nitrogens with zero attached hydrogens (tertiary/aromatic N) is 2. The second-order valence-corrected chi connectivity index (χ2v) is 11.3. The molecule has 0 unspecified atom stereocenters. The van der Waals surface area contributed by atoms with Crippen molar-refractivity contribution in [3.05, 3.63) is 29.3 Å². The van der Waals surface area contributed by atoms with Crippen molar-refractivity contribution in [3.63, 3.8) is 0 Å². The van der Waals surface area contributed by atoms with Gasteiger partial charge in [0.25, 0.3) is 0 Å². The summed E-state index contributed by atoms with van der Waals surface area (Å²) in [6, 6.07) is 7.10. The van der Waals surface area contributed by atoms with E-state index in [9.17, 15) is 14.7 Å². The van der Waals surface area contributed by atoms with Gasteiger partial charge in [0.15, 0.2) is 5.17 Å². The molecule has 1 heterocycles. The SMILES string of the molecule is O=C(O)[C@@H]1CC(=O)N(CCC23CC4CC(CC(C4)C2)C3)C(=Nc2ccc(Cl)cc2)S1. The summed E-state index contributed by atoms with van der Waals surface area (Å²) in [7, 11) is 0. The van der Waals surface area contributed by atoms with Gasteiger partial charge in [-0.3, -0.25) is 14.5 Å². The molecule has 160 valence electrons. The molecule has 0 radical (unpaired) electrons. The third-order valence-corrected chi connectivity index (χ3v) is 8.92. The van der Waals surface area contributed by atoms with Crippen LogP contribution in [0.1, 0.15) is 51.4 Å². The Morgan fingerprint density at radius 2 is 1.73 bits per heavy atom. The summed E-state index contributed by atoms with van der Waals surface area (Å²) in [6.45, 7) is 0.636. The number of carbonyl (C=O) groups excluding carboxylic acids is 1. The van der Waals surface area contributed by atoms with Gasteiger partial charge in [0, 0.05) is 11.6 Å². The van der Waals surface area contributed by atoms with Gasteiger partial charge in [-0.25, -0.2) is 4.99 Å². The fourth-order valence-corrected chi connectivity index (χ4v) is 7.81. The first-order valence-electron chi connectivity index (χ1n) is 10.9. The van der Waals surface area contributed by atoms with Crippen LogP contribution < -0.4 is 0 Å². The molecule has 0 aromatic heterocycles. The third kappa shape index (κ3) is 4.01. The van der Waals surface area contributed by atoms with E-state index < -0.39 is 11.2 Å². The van der Waals surface area contributed by atoms with Crippen molar-refractivity contribution in [1.82, 2.24) is 4.90 Å². The zero-order valence-corrected chi connectivity index (χ0v) is 18.5. The lowest BCUT2D eigenvalue weighted by Gasteiger charge is -2.57. The third-order valence-electron chi connectivity index (χ3n) is 7.50. The second-order valence-electron chi connectivity index (χ2n) is 9.73. The predicted octanol–water partition coefficient (Wildman–Crippen LogP) is 5.35. The molecule has 1 saturated heterocycles. The van der Waals surface area contributed by atoms with Gasteiger partial charge in [-0.2, -0.15) is 0 Å². The lowest BCUT2D eigenvalue weighted by atomic mass is 9.49. The van der Waals surface area contributed by atoms with Crippen LogP contribution in [0.3, 0.4) is 0 Å². The number of rotatable bonds is 5. The van der Waals surface area contributed by atoms with Gasteiger partial charge in [0.05, 0.1) is 12.1 Å². The maximum Gasteiger partial charge on any atom is 0.317 e. The number of carboxylic acids is 1. The van der Waals surface area contributed by atoms with E-state index in [1.54, 1.807) is 29.2 Å². The molecule has 30 heavy (non-hydrogen) atoms. The molecule has 4 bridgehead atoms. The summed E-state index contributed by atoms with van der Waals surface area (Å²) in [5.41, 5.74) is 1.05. The van der Waals surface area contributed by atoms with Crippen LogP contribution in [-0.4, -0.2) is 38.8 Å². The molecule has 1 aromatic rings. The van der Waals surface area contributed by atoms with Crippen molar-refractivity contribution in [2.45, 2.75) is 56.6 Å². The number of amidine groups is 1. The number of aliphatic imine (C=N–C) groups is 1. The zero-order chi connectivity index (χ0) is 20.9. The van der Waals surface area contributed by atoms with E-state index in [-0.39, 0.29) is 12.3 Å². The number of amides is 1. The minimum Gasteiger partial charge on any atom is -0.480 e. The predicted molar refractivity (Wildman–Crippen MR) is 119 cm³/mol. The number of hydrogen-bond donors (Lipinski definition) is 1. The molecular formula is C23H27ClN2O3S. The average Bonchev–Trinajstić information content (AvgIpc) is 2.68. The fourth-order valence-electron chi connectivity index (χ4n) is 6.62. The molecule has 1 aliphatic heterocycles. The summed E-state index contributed by atoms with van der Waals surface area (Å²) in [4.78, 5) is 30.9. The van der Waals surface area contributed by atoms with Crippen LogP contribution in [-0.2, 0) is 9.59 Å². The summed E-state index contributed by atoms with van der Waals surface area (Å²) in [6.07, 6.45) is 9.14. The van der Waals surface area contributed by atoms with Crippen molar-refractivity contribution < 1.29 is 14.7 Å². The van der Waals surface area contributed by atoms with Gasteiger partial charge < -0.3 is 5.11 Å². The summed E-state index contributed by atoms with van der Waals surface area (Å²) in [5, 5.41) is 9.83. The summed E-state index contributed by atoms with van der Waals surface area (Å²) < 4.78 is 0. The highest BCUT2D eigenvalue weighted by molar-refractivity contribution is 8.15. The molecule has 5 fully saturated rings. The minimum absolute atomic E-state index is 0.0283. The molecule has 7 heteroatoms. The Balaban J connectivity index is 1.36. The molecule has 5 nitrogen and oxygen atoms in total. The van der Waals surface area contributed by atoms with E-state index in [1.807, 2.05) is 0 Å². The van der Waals surface area contributed by atoms with Gasteiger partial charge in [0.2, 0.25) is 5.91 Å². The Kier molecular flexibility index (Phi) is 5.34. The van der Waals surface area contributed by atoms with Gasteiger partial charge in [0.1, 0.15) is 5.25 Å². The number of halogens is 1. The van der Waals surface area contributed by atoms with Crippen molar-refractivity contribution in [1.29, 1.82) is 0 Å². The Bertz CT molecular complexity index is 850. The van der Waals surface area contributed by atoms with E-state index in [2.05, 4.69) is 4.99 Å². The molecule has 4 aliphatic carbocycles. The highest BCUT2D eigenvalue weighted by Crippen LogP contribution is 2.61. The number of carboxylic acid groups (broad SMARTS) is 1. The Labute approximate surface area is 186 Å². The second kappa shape index (κ2) is 7.86. The first kappa shape index (κ1) is 20.4. The van der Waals surface area contributed by atoms with Gasteiger partial charge in [-0.1, -0.05) is 23.4 Å². The lowest BCUT2D eigenvalue weighted by molar-refractivity contribution is -0.139. The van der Waals surface area contributed by atoms with Crippen LogP contribution in [0.15, 0.2) is 29.3 Å². The number of carbonyl (C=O) groups is 2. The number of thioether (sulfide) groups is 1.